The molecule has 0 fully saturated rings. The van der Waals surface area contributed by atoms with Crippen LogP contribution >= 0.6 is 0 Å². The molecule has 0 saturated heterocycles. The molecule has 1 aromatic heterocycles. The Morgan fingerprint density at radius 2 is 1.76 bits per heavy atom. The molecule has 8 nitrogen and oxygen atoms in total. The number of ether oxygens (including phenoxy) is 2. The van der Waals surface area contributed by atoms with Crippen molar-refractivity contribution in [1.82, 2.24) is 10.3 Å². The number of rotatable bonds is 6. The molecule has 0 aliphatic carbocycles. The summed E-state index contributed by atoms with van der Waals surface area (Å²) < 4.78 is 9.58. The zero-order valence-electron chi connectivity index (χ0n) is 13.4. The molecule has 0 aliphatic rings. The molecule has 0 atom stereocenters. The predicted molar refractivity (Wildman–Crippen MR) is 86.0 cm³/mol. The number of hydrogen-bond donors (Lipinski definition) is 2. The number of aromatic carboxylic acids is 1. The fourth-order valence-corrected chi connectivity index (χ4v) is 1.87. The van der Waals surface area contributed by atoms with Gasteiger partial charge < -0.3 is 19.9 Å². The maximum atomic E-state index is 11.7. The van der Waals surface area contributed by atoms with E-state index in [9.17, 15) is 14.4 Å². The smallest absolute Gasteiger partial charge is 0.407 e. The van der Waals surface area contributed by atoms with Crippen molar-refractivity contribution < 1.29 is 29.0 Å². The molecule has 1 amide bonds. The number of nitrogens with one attached hydrogen (secondary N) is 1. The molecule has 0 bridgehead atoms. The SMILES string of the molecule is COC(=O)c1ccc(COC(=O)NCc2ccc(C(=O)O)cc2)cn1. The van der Waals surface area contributed by atoms with Crippen molar-refractivity contribution in [1.29, 1.82) is 0 Å². The molecular weight excluding hydrogens is 328 g/mol. The van der Waals surface area contributed by atoms with Crippen LogP contribution in [-0.2, 0) is 22.6 Å². The molecule has 1 heterocycles. The molecule has 25 heavy (non-hydrogen) atoms. The predicted octanol–water partition coefficient (Wildman–Crippen LogP) is 1.99. The second-order valence-corrected chi connectivity index (χ2v) is 4.98. The van der Waals surface area contributed by atoms with E-state index in [2.05, 4.69) is 15.0 Å². The average Bonchev–Trinajstić information content (AvgIpc) is 2.64. The third-order valence-electron chi connectivity index (χ3n) is 3.23. The van der Waals surface area contributed by atoms with Crippen molar-refractivity contribution in [2.75, 3.05) is 7.11 Å². The average molecular weight is 344 g/mol. The van der Waals surface area contributed by atoms with Gasteiger partial charge in [0.2, 0.25) is 0 Å². The van der Waals surface area contributed by atoms with Crippen LogP contribution in [0.15, 0.2) is 42.6 Å². The van der Waals surface area contributed by atoms with E-state index >= 15 is 0 Å². The second-order valence-electron chi connectivity index (χ2n) is 4.98. The Kier molecular flexibility index (Phi) is 6.05. The number of nitrogens with zero attached hydrogens (tertiary/aromatic N) is 1. The third-order valence-corrected chi connectivity index (χ3v) is 3.23. The number of amides is 1. The minimum absolute atomic E-state index is 0.00175. The number of methoxy groups -OCH3 is 1. The zero-order valence-corrected chi connectivity index (χ0v) is 13.4. The number of carbonyl (C=O) groups excluding carboxylic acids is 2. The first-order chi connectivity index (χ1) is 12.0. The number of carboxylic acid groups (broad SMARTS) is 1. The molecule has 130 valence electrons. The first kappa shape index (κ1) is 17.9. The number of carboxylic acids is 1. The van der Waals surface area contributed by atoms with Crippen molar-refractivity contribution in [3.05, 3.63) is 65.0 Å². The highest BCUT2D eigenvalue weighted by Crippen LogP contribution is 2.06. The van der Waals surface area contributed by atoms with E-state index in [4.69, 9.17) is 9.84 Å². The van der Waals surface area contributed by atoms with Gasteiger partial charge in [-0.05, 0) is 23.8 Å². The number of benzene rings is 1. The molecule has 2 rings (SSSR count). The molecule has 1 aromatic carbocycles. The van der Waals surface area contributed by atoms with Crippen LogP contribution in [0.3, 0.4) is 0 Å². The number of pyridine rings is 1. The van der Waals surface area contributed by atoms with Gasteiger partial charge in [0, 0.05) is 18.3 Å². The Morgan fingerprint density at radius 3 is 2.32 bits per heavy atom. The number of alkyl carbamates (subject to hydrolysis) is 1. The molecule has 0 unspecified atom stereocenters. The molecule has 0 radical (unpaired) electrons. The Morgan fingerprint density at radius 1 is 1.08 bits per heavy atom. The van der Waals surface area contributed by atoms with Gasteiger partial charge in [-0.2, -0.15) is 0 Å². The van der Waals surface area contributed by atoms with Gasteiger partial charge in [-0.25, -0.2) is 19.4 Å². The topological polar surface area (TPSA) is 115 Å². The first-order valence-corrected chi connectivity index (χ1v) is 7.25. The minimum atomic E-state index is -1.01. The highest BCUT2D eigenvalue weighted by molar-refractivity contribution is 5.87. The lowest BCUT2D eigenvalue weighted by atomic mass is 10.1. The van der Waals surface area contributed by atoms with E-state index < -0.39 is 18.0 Å². The highest BCUT2D eigenvalue weighted by atomic mass is 16.5. The fraction of sp³-hybridized carbons (Fsp3) is 0.176. The normalized spacial score (nSPS) is 9.96. The second kappa shape index (κ2) is 8.44. The number of carbonyl (C=O) groups is 3. The van der Waals surface area contributed by atoms with Gasteiger partial charge in [0.05, 0.1) is 12.7 Å². The van der Waals surface area contributed by atoms with Gasteiger partial charge in [0.1, 0.15) is 12.3 Å². The maximum Gasteiger partial charge on any atom is 0.407 e. The zero-order chi connectivity index (χ0) is 18.2. The van der Waals surface area contributed by atoms with Gasteiger partial charge in [-0.15, -0.1) is 0 Å². The van der Waals surface area contributed by atoms with Crippen molar-refractivity contribution in [2.24, 2.45) is 0 Å². The summed E-state index contributed by atoms with van der Waals surface area (Å²) in [5.74, 6) is -1.55. The van der Waals surface area contributed by atoms with E-state index in [-0.39, 0.29) is 24.4 Å². The molecule has 8 heteroatoms. The van der Waals surface area contributed by atoms with Gasteiger partial charge in [-0.3, -0.25) is 0 Å². The van der Waals surface area contributed by atoms with Crippen LogP contribution in [0, 0.1) is 0 Å². The van der Waals surface area contributed by atoms with E-state index in [1.807, 2.05) is 0 Å². The molecule has 0 aliphatic heterocycles. The van der Waals surface area contributed by atoms with Crippen molar-refractivity contribution >= 4 is 18.0 Å². The Hall–Kier alpha value is -3.42. The lowest BCUT2D eigenvalue weighted by molar-refractivity contribution is 0.0593. The van der Waals surface area contributed by atoms with Gasteiger partial charge >= 0.3 is 18.0 Å². The van der Waals surface area contributed by atoms with E-state index in [0.717, 1.165) is 5.56 Å². The van der Waals surface area contributed by atoms with Crippen LogP contribution < -0.4 is 5.32 Å². The van der Waals surface area contributed by atoms with Crippen molar-refractivity contribution in [2.45, 2.75) is 13.2 Å². The highest BCUT2D eigenvalue weighted by Gasteiger charge is 2.08. The summed E-state index contributed by atoms with van der Waals surface area (Å²) in [6.45, 7) is 0.205. The van der Waals surface area contributed by atoms with Gasteiger partial charge in [-0.1, -0.05) is 18.2 Å². The van der Waals surface area contributed by atoms with Crippen LogP contribution in [0.2, 0.25) is 0 Å². The number of esters is 1. The van der Waals surface area contributed by atoms with Gasteiger partial charge in [0.25, 0.3) is 0 Å². The monoisotopic (exact) mass is 344 g/mol. The van der Waals surface area contributed by atoms with Crippen LogP contribution in [0.4, 0.5) is 4.79 Å². The Bertz CT molecular complexity index is 756. The lowest BCUT2D eigenvalue weighted by Gasteiger charge is -2.07. The number of aromatic nitrogens is 1. The summed E-state index contributed by atoms with van der Waals surface area (Å²) >= 11 is 0. The summed E-state index contributed by atoms with van der Waals surface area (Å²) in [7, 11) is 1.26. The van der Waals surface area contributed by atoms with Crippen LogP contribution in [0.1, 0.15) is 32.0 Å². The third kappa shape index (κ3) is 5.31. The Labute approximate surface area is 143 Å². The first-order valence-electron chi connectivity index (χ1n) is 7.25. The van der Waals surface area contributed by atoms with Crippen LogP contribution in [-0.4, -0.2) is 35.2 Å². The molecule has 2 N–H and O–H groups in total. The van der Waals surface area contributed by atoms with Crippen molar-refractivity contribution in [3.8, 4) is 0 Å². The summed E-state index contributed by atoms with van der Waals surface area (Å²) in [6.07, 6.45) is 0.795. The van der Waals surface area contributed by atoms with Crippen molar-refractivity contribution in [3.63, 3.8) is 0 Å². The Balaban J connectivity index is 1.78. The van der Waals surface area contributed by atoms with E-state index in [1.165, 1.54) is 31.5 Å². The molecule has 2 aromatic rings. The fourth-order valence-electron chi connectivity index (χ4n) is 1.87. The summed E-state index contributed by atoms with van der Waals surface area (Å²) in [6, 6.07) is 9.22. The summed E-state index contributed by atoms with van der Waals surface area (Å²) in [5, 5.41) is 11.4. The summed E-state index contributed by atoms with van der Waals surface area (Å²) in [5.41, 5.74) is 1.70. The number of hydrogen-bond acceptors (Lipinski definition) is 6. The standard InChI is InChI=1S/C17H16N2O6/c1-24-16(22)14-7-4-12(9-18-14)10-25-17(23)19-8-11-2-5-13(6-3-11)15(20)21/h2-7,9H,8,10H2,1H3,(H,19,23)(H,20,21). The largest absolute Gasteiger partial charge is 0.478 e. The van der Waals surface area contributed by atoms with E-state index in [1.54, 1.807) is 18.2 Å². The molecular formula is C17H16N2O6. The minimum Gasteiger partial charge on any atom is -0.478 e. The maximum absolute atomic E-state index is 11.7. The van der Waals surface area contributed by atoms with E-state index in [0.29, 0.717) is 5.56 Å². The van der Waals surface area contributed by atoms with Crippen LogP contribution in [0.5, 0.6) is 0 Å². The molecule has 0 saturated carbocycles. The quantitative estimate of drug-likeness (QED) is 0.770. The molecule has 0 spiro atoms. The van der Waals surface area contributed by atoms with Gasteiger partial charge in [0.15, 0.2) is 0 Å². The lowest BCUT2D eigenvalue weighted by Crippen LogP contribution is -2.23. The summed E-state index contributed by atoms with van der Waals surface area (Å²) in [4.78, 5) is 37.6. The van der Waals surface area contributed by atoms with Crippen LogP contribution in [0.25, 0.3) is 0 Å².